The normalized spacial score (nSPS) is 15.8. The summed E-state index contributed by atoms with van der Waals surface area (Å²) >= 11 is 0. The van der Waals surface area contributed by atoms with E-state index in [2.05, 4.69) is 18.9 Å². The van der Waals surface area contributed by atoms with Crippen molar-refractivity contribution >= 4 is 13.1 Å². The zero-order valence-electron chi connectivity index (χ0n) is 12.3. The number of hydrogen-bond donors (Lipinski definition) is 1. The van der Waals surface area contributed by atoms with Crippen LogP contribution in [0.1, 0.15) is 41.0 Å². The molecule has 0 spiro atoms. The van der Waals surface area contributed by atoms with Gasteiger partial charge in [-0.2, -0.15) is 5.10 Å². The first-order valence-electron chi connectivity index (χ1n) is 6.37. The number of hydrogen-bond acceptors (Lipinski definition) is 3. The summed E-state index contributed by atoms with van der Waals surface area (Å²) in [4.78, 5) is 0. The molecule has 1 atom stereocenters. The van der Waals surface area contributed by atoms with E-state index in [1.54, 1.807) is 26.0 Å². The van der Waals surface area contributed by atoms with Crippen LogP contribution in [0.2, 0.25) is 0 Å². The summed E-state index contributed by atoms with van der Waals surface area (Å²) in [5.74, 6) is 0.443. The van der Waals surface area contributed by atoms with Crippen molar-refractivity contribution in [3.8, 4) is 0 Å². The average molecular weight is 251 g/mol. The molecule has 101 valence electrons. The molecule has 1 unspecified atom stereocenters. The maximum atomic E-state index is 10.3. The molecule has 1 heterocycles. The van der Waals surface area contributed by atoms with Crippen LogP contribution in [-0.2, 0) is 11.7 Å². The molecule has 1 aromatic rings. The number of nitrogens with zero attached hydrogens (tertiary/aromatic N) is 2. The van der Waals surface area contributed by atoms with Gasteiger partial charge in [-0.15, -0.1) is 0 Å². The topological polar surface area (TPSA) is 47.3 Å². The summed E-state index contributed by atoms with van der Waals surface area (Å²) in [6.07, 6.45) is 2.64. The molecular formula is C13H24BN2O2. The third kappa shape index (κ3) is 3.85. The van der Waals surface area contributed by atoms with E-state index >= 15 is 0 Å². The fourth-order valence-corrected chi connectivity index (χ4v) is 1.91. The first kappa shape index (κ1) is 15.3. The van der Waals surface area contributed by atoms with Crippen molar-refractivity contribution in [2.45, 2.75) is 52.2 Å². The minimum Gasteiger partial charge on any atom is -0.425 e. The molecule has 0 saturated heterocycles. The van der Waals surface area contributed by atoms with E-state index in [0.717, 1.165) is 12.0 Å². The van der Waals surface area contributed by atoms with Crippen molar-refractivity contribution < 1.29 is 9.76 Å². The molecule has 0 fully saturated rings. The van der Waals surface area contributed by atoms with E-state index < -0.39 is 11.2 Å². The molecule has 1 N–H and O–H groups in total. The van der Waals surface area contributed by atoms with E-state index in [0.29, 0.717) is 5.92 Å². The zero-order valence-corrected chi connectivity index (χ0v) is 12.3. The van der Waals surface area contributed by atoms with Gasteiger partial charge >= 0.3 is 7.48 Å². The summed E-state index contributed by atoms with van der Waals surface area (Å²) in [7, 11) is 3.49. The fourth-order valence-electron chi connectivity index (χ4n) is 1.91. The van der Waals surface area contributed by atoms with Crippen molar-refractivity contribution in [1.29, 1.82) is 0 Å². The molecule has 0 aliphatic rings. The van der Waals surface area contributed by atoms with Gasteiger partial charge in [0.2, 0.25) is 0 Å². The summed E-state index contributed by atoms with van der Waals surface area (Å²) in [6.45, 7) is 9.73. The van der Waals surface area contributed by atoms with Crippen molar-refractivity contribution in [2.24, 2.45) is 13.0 Å². The van der Waals surface area contributed by atoms with Crippen LogP contribution in [-0.4, -0.2) is 33.6 Å². The van der Waals surface area contributed by atoms with Gasteiger partial charge in [-0.05, 0) is 39.2 Å². The number of aliphatic hydroxyl groups is 1. The molecule has 1 aromatic heterocycles. The first-order chi connectivity index (χ1) is 8.14. The van der Waals surface area contributed by atoms with Crippen LogP contribution in [0.15, 0.2) is 12.3 Å². The van der Waals surface area contributed by atoms with Gasteiger partial charge < -0.3 is 9.76 Å². The van der Waals surface area contributed by atoms with Crippen molar-refractivity contribution in [3.05, 3.63) is 12.3 Å². The van der Waals surface area contributed by atoms with Crippen LogP contribution in [0.4, 0.5) is 0 Å². The molecular weight excluding hydrogens is 227 g/mol. The molecule has 1 rings (SSSR count). The second-order valence-electron chi connectivity index (χ2n) is 6.04. The molecule has 0 aliphatic carbocycles. The standard InChI is InChI=1S/C13H24BN2O2/c1-10(2)9-13(5,12(3,4)17)18-14-11-7-8-16(6)15-11/h7-8,10,17H,9H2,1-6H3. The van der Waals surface area contributed by atoms with Gasteiger partial charge in [0.25, 0.3) is 0 Å². The van der Waals surface area contributed by atoms with Gasteiger partial charge in [0.05, 0.1) is 16.8 Å². The van der Waals surface area contributed by atoms with E-state index in [1.807, 2.05) is 26.2 Å². The van der Waals surface area contributed by atoms with Gasteiger partial charge in [0.15, 0.2) is 0 Å². The Morgan fingerprint density at radius 3 is 2.44 bits per heavy atom. The molecule has 0 amide bonds. The minimum absolute atomic E-state index is 0.443. The van der Waals surface area contributed by atoms with Crippen molar-refractivity contribution in [2.75, 3.05) is 0 Å². The van der Waals surface area contributed by atoms with E-state index in [4.69, 9.17) is 4.65 Å². The SMILES string of the molecule is CC(C)CC(C)(O[B]c1ccn(C)n1)C(C)(C)O. The summed E-state index contributed by atoms with van der Waals surface area (Å²) in [6, 6.07) is 1.88. The number of aromatic nitrogens is 2. The van der Waals surface area contributed by atoms with Crippen LogP contribution >= 0.6 is 0 Å². The van der Waals surface area contributed by atoms with Crippen LogP contribution in [0.5, 0.6) is 0 Å². The van der Waals surface area contributed by atoms with Gasteiger partial charge in [0.1, 0.15) is 0 Å². The van der Waals surface area contributed by atoms with Crippen LogP contribution in [0.3, 0.4) is 0 Å². The van der Waals surface area contributed by atoms with Gasteiger partial charge in [-0.3, -0.25) is 4.68 Å². The molecule has 1 radical (unpaired) electrons. The second-order valence-corrected chi connectivity index (χ2v) is 6.04. The second kappa shape index (κ2) is 5.45. The Balaban J connectivity index is 2.73. The highest BCUT2D eigenvalue weighted by Gasteiger charge is 2.40. The predicted octanol–water partition coefficient (Wildman–Crippen LogP) is 1.26. The summed E-state index contributed by atoms with van der Waals surface area (Å²) < 4.78 is 7.57. The number of aryl methyl sites for hydroxylation is 1. The van der Waals surface area contributed by atoms with E-state index in [1.165, 1.54) is 0 Å². The van der Waals surface area contributed by atoms with Crippen molar-refractivity contribution in [3.63, 3.8) is 0 Å². The van der Waals surface area contributed by atoms with Crippen LogP contribution in [0, 0.1) is 5.92 Å². The monoisotopic (exact) mass is 251 g/mol. The Morgan fingerprint density at radius 1 is 1.44 bits per heavy atom. The lowest BCUT2D eigenvalue weighted by Crippen LogP contribution is -2.52. The fraction of sp³-hybridized carbons (Fsp3) is 0.769. The van der Waals surface area contributed by atoms with Crippen molar-refractivity contribution in [1.82, 2.24) is 9.78 Å². The molecule has 0 saturated carbocycles. The molecule has 0 aromatic carbocycles. The van der Waals surface area contributed by atoms with Gasteiger partial charge in [-0.25, -0.2) is 0 Å². The van der Waals surface area contributed by atoms with Gasteiger partial charge in [0, 0.05) is 13.2 Å². The third-order valence-corrected chi connectivity index (χ3v) is 3.27. The lowest BCUT2D eigenvalue weighted by Gasteiger charge is -2.42. The molecule has 18 heavy (non-hydrogen) atoms. The Kier molecular flexibility index (Phi) is 4.62. The first-order valence-corrected chi connectivity index (χ1v) is 6.37. The highest BCUT2D eigenvalue weighted by Crippen LogP contribution is 2.31. The van der Waals surface area contributed by atoms with Crippen LogP contribution < -0.4 is 5.59 Å². The maximum absolute atomic E-state index is 10.3. The quantitative estimate of drug-likeness (QED) is 0.774. The van der Waals surface area contributed by atoms with E-state index in [9.17, 15) is 5.11 Å². The lowest BCUT2D eigenvalue weighted by molar-refractivity contribution is -0.111. The third-order valence-electron chi connectivity index (χ3n) is 3.27. The largest absolute Gasteiger partial charge is 0.425 e. The molecule has 0 aliphatic heterocycles. The Morgan fingerprint density at radius 2 is 2.06 bits per heavy atom. The Hall–Kier alpha value is -0.805. The lowest BCUT2D eigenvalue weighted by atomic mass is 9.78. The Bertz CT molecular complexity index is 385. The predicted molar refractivity (Wildman–Crippen MR) is 73.8 cm³/mol. The minimum atomic E-state index is -0.914. The molecule has 5 heteroatoms. The maximum Gasteiger partial charge on any atom is 0.354 e. The van der Waals surface area contributed by atoms with Crippen LogP contribution in [0.25, 0.3) is 0 Å². The summed E-state index contributed by atoms with van der Waals surface area (Å²) in [5, 5.41) is 14.5. The Labute approximate surface area is 111 Å². The highest BCUT2D eigenvalue weighted by atomic mass is 16.5. The van der Waals surface area contributed by atoms with Gasteiger partial charge in [-0.1, -0.05) is 13.8 Å². The zero-order chi connectivity index (χ0) is 14.0. The molecule has 0 bridgehead atoms. The summed E-state index contributed by atoms with van der Waals surface area (Å²) in [5.41, 5.74) is -0.780. The average Bonchev–Trinajstić information content (AvgIpc) is 2.58. The van der Waals surface area contributed by atoms with E-state index in [-0.39, 0.29) is 0 Å². The molecule has 4 nitrogen and oxygen atoms in total. The highest BCUT2D eigenvalue weighted by molar-refractivity contribution is 6.45. The smallest absolute Gasteiger partial charge is 0.354 e. The number of rotatable bonds is 6.